The molecule has 6 nitrogen and oxygen atoms in total. The summed E-state index contributed by atoms with van der Waals surface area (Å²) in [6.45, 7) is 6.77. The maximum atomic E-state index is 12.5. The fourth-order valence-corrected chi connectivity index (χ4v) is 4.17. The van der Waals surface area contributed by atoms with Gasteiger partial charge in [0.15, 0.2) is 0 Å². The van der Waals surface area contributed by atoms with Crippen LogP contribution in [0.1, 0.15) is 62.1 Å². The number of rotatable bonds is 6. The molecule has 3 rings (SSSR count). The van der Waals surface area contributed by atoms with E-state index in [4.69, 9.17) is 4.98 Å². The third kappa shape index (κ3) is 4.20. The van der Waals surface area contributed by atoms with Gasteiger partial charge < -0.3 is 4.90 Å². The highest BCUT2D eigenvalue weighted by atomic mass is 32.1. The average Bonchev–Trinajstić information content (AvgIpc) is 3.26. The van der Waals surface area contributed by atoms with Gasteiger partial charge in [-0.05, 0) is 25.2 Å². The molecule has 0 radical (unpaired) electrons. The minimum atomic E-state index is 0.250. The van der Waals surface area contributed by atoms with Gasteiger partial charge in [-0.15, -0.1) is 11.3 Å². The van der Waals surface area contributed by atoms with E-state index in [0.717, 1.165) is 38.9 Å². The first-order valence-electron chi connectivity index (χ1n) is 8.69. The number of likely N-dealkylation sites (tertiary alicyclic amines) is 1. The molecule has 1 saturated heterocycles. The van der Waals surface area contributed by atoms with E-state index in [1.54, 1.807) is 22.3 Å². The highest BCUT2D eigenvalue weighted by molar-refractivity contribution is 7.09. The van der Waals surface area contributed by atoms with Crippen molar-refractivity contribution in [1.29, 1.82) is 0 Å². The highest BCUT2D eigenvalue weighted by Crippen LogP contribution is 2.31. The van der Waals surface area contributed by atoms with Crippen LogP contribution in [0.15, 0.2) is 18.0 Å². The number of aromatic nitrogens is 4. The van der Waals surface area contributed by atoms with Gasteiger partial charge >= 0.3 is 0 Å². The van der Waals surface area contributed by atoms with Crippen molar-refractivity contribution >= 4 is 17.2 Å². The molecule has 7 heteroatoms. The van der Waals surface area contributed by atoms with Crippen LogP contribution >= 0.6 is 11.3 Å². The molecule has 1 aliphatic heterocycles. The largest absolute Gasteiger partial charge is 0.342 e. The van der Waals surface area contributed by atoms with Gasteiger partial charge in [0, 0.05) is 37.4 Å². The van der Waals surface area contributed by atoms with Crippen molar-refractivity contribution in [3.63, 3.8) is 0 Å². The van der Waals surface area contributed by atoms with Crippen LogP contribution in [0.3, 0.4) is 0 Å². The first kappa shape index (κ1) is 17.1. The molecule has 0 spiro atoms. The molecule has 1 fully saturated rings. The third-order valence-corrected chi connectivity index (χ3v) is 5.52. The Balaban J connectivity index is 1.51. The summed E-state index contributed by atoms with van der Waals surface area (Å²) < 4.78 is 1.77. The molecule has 1 aliphatic rings. The van der Waals surface area contributed by atoms with E-state index in [1.807, 2.05) is 4.90 Å². The van der Waals surface area contributed by atoms with Gasteiger partial charge in [0.2, 0.25) is 5.91 Å². The molecule has 1 amide bonds. The molecular weight excluding hydrogens is 322 g/mol. The molecule has 0 aromatic carbocycles. The predicted molar refractivity (Wildman–Crippen MR) is 94.0 cm³/mol. The first-order valence-corrected chi connectivity index (χ1v) is 9.57. The zero-order valence-electron chi connectivity index (χ0n) is 14.4. The van der Waals surface area contributed by atoms with Gasteiger partial charge in [-0.2, -0.15) is 5.10 Å². The summed E-state index contributed by atoms with van der Waals surface area (Å²) in [4.78, 5) is 23.2. The second-order valence-corrected chi connectivity index (χ2v) is 7.60. The van der Waals surface area contributed by atoms with E-state index in [1.165, 1.54) is 17.0 Å². The van der Waals surface area contributed by atoms with Crippen molar-refractivity contribution in [3.8, 4) is 0 Å². The number of carbonyl (C=O) groups excluding carboxylic acids is 1. The minimum Gasteiger partial charge on any atom is -0.342 e. The van der Waals surface area contributed by atoms with E-state index >= 15 is 0 Å². The van der Waals surface area contributed by atoms with Gasteiger partial charge in [0.05, 0.1) is 10.7 Å². The van der Waals surface area contributed by atoms with E-state index < -0.39 is 0 Å². The first-order chi connectivity index (χ1) is 11.6. The monoisotopic (exact) mass is 347 g/mol. The van der Waals surface area contributed by atoms with Crippen molar-refractivity contribution in [1.82, 2.24) is 24.6 Å². The van der Waals surface area contributed by atoms with E-state index in [-0.39, 0.29) is 5.91 Å². The lowest BCUT2D eigenvalue weighted by Gasteiger charge is -2.32. The fraction of sp³-hybridized carbons (Fsp3) is 0.647. The lowest BCUT2D eigenvalue weighted by Crippen LogP contribution is -2.39. The number of nitrogens with zero attached hydrogens (tertiary/aromatic N) is 5. The Morgan fingerprint density at radius 2 is 2.33 bits per heavy atom. The lowest BCUT2D eigenvalue weighted by atomic mass is 9.98. The smallest absolute Gasteiger partial charge is 0.222 e. The summed E-state index contributed by atoms with van der Waals surface area (Å²) >= 11 is 1.75. The SMILES string of the molecule is CC(C)c1csc(C2CCCN(C(=O)CCCn3cncn3)C2)n1. The van der Waals surface area contributed by atoms with Gasteiger partial charge in [0.1, 0.15) is 12.7 Å². The Morgan fingerprint density at radius 3 is 3.04 bits per heavy atom. The Morgan fingerprint density at radius 1 is 1.46 bits per heavy atom. The summed E-state index contributed by atoms with van der Waals surface area (Å²) in [6.07, 6.45) is 6.79. The van der Waals surface area contributed by atoms with Crippen molar-refractivity contribution in [2.45, 2.75) is 57.9 Å². The molecule has 2 aromatic rings. The van der Waals surface area contributed by atoms with Crippen LogP contribution in [0.5, 0.6) is 0 Å². The van der Waals surface area contributed by atoms with Crippen molar-refractivity contribution in [3.05, 3.63) is 28.7 Å². The summed E-state index contributed by atoms with van der Waals surface area (Å²) in [5.74, 6) is 1.11. The predicted octanol–water partition coefficient (Wildman–Crippen LogP) is 3.04. The third-order valence-electron chi connectivity index (χ3n) is 4.50. The van der Waals surface area contributed by atoms with Crippen molar-refractivity contribution in [2.75, 3.05) is 13.1 Å². The number of amides is 1. The molecule has 0 bridgehead atoms. The Labute approximate surface area is 146 Å². The summed E-state index contributed by atoms with van der Waals surface area (Å²) in [6, 6.07) is 0. The van der Waals surface area contributed by atoms with Crippen LogP contribution in [-0.2, 0) is 11.3 Å². The molecule has 3 heterocycles. The van der Waals surface area contributed by atoms with Crippen LogP contribution in [-0.4, -0.2) is 43.6 Å². The van der Waals surface area contributed by atoms with Gasteiger partial charge in [-0.1, -0.05) is 13.8 Å². The summed E-state index contributed by atoms with van der Waals surface area (Å²) in [5.41, 5.74) is 1.17. The van der Waals surface area contributed by atoms with Crippen molar-refractivity contribution < 1.29 is 4.79 Å². The lowest BCUT2D eigenvalue weighted by molar-refractivity contribution is -0.132. The molecule has 0 aliphatic carbocycles. The van der Waals surface area contributed by atoms with E-state index in [2.05, 4.69) is 29.3 Å². The van der Waals surface area contributed by atoms with Crippen molar-refractivity contribution in [2.24, 2.45) is 0 Å². The maximum absolute atomic E-state index is 12.5. The zero-order valence-corrected chi connectivity index (χ0v) is 15.2. The molecular formula is C17H25N5OS. The molecule has 1 unspecified atom stereocenters. The summed E-state index contributed by atoms with van der Waals surface area (Å²) in [5, 5.41) is 7.43. The van der Waals surface area contributed by atoms with Crippen LogP contribution in [0.25, 0.3) is 0 Å². The second kappa shape index (κ2) is 7.88. The van der Waals surface area contributed by atoms with Crippen LogP contribution < -0.4 is 0 Å². The molecule has 2 aromatic heterocycles. The highest BCUT2D eigenvalue weighted by Gasteiger charge is 2.26. The number of thiazole rings is 1. The van der Waals surface area contributed by atoms with Gasteiger partial charge in [-0.3, -0.25) is 9.48 Å². The number of hydrogen-bond donors (Lipinski definition) is 0. The normalized spacial score (nSPS) is 18.3. The summed E-state index contributed by atoms with van der Waals surface area (Å²) in [7, 11) is 0. The number of hydrogen-bond acceptors (Lipinski definition) is 5. The Bertz CT molecular complexity index is 652. The molecule has 130 valence electrons. The number of piperidine rings is 1. The standard InChI is InChI=1S/C17H25N5OS/c1-13(2)15-10-24-17(20-15)14-5-3-7-21(9-14)16(23)6-4-8-22-12-18-11-19-22/h10-14H,3-9H2,1-2H3. The fourth-order valence-electron chi connectivity index (χ4n) is 3.06. The van der Waals surface area contributed by atoms with E-state index in [9.17, 15) is 4.79 Å². The van der Waals surface area contributed by atoms with E-state index in [0.29, 0.717) is 18.3 Å². The van der Waals surface area contributed by atoms with Crippen LogP contribution in [0.2, 0.25) is 0 Å². The molecule has 0 N–H and O–H groups in total. The van der Waals surface area contributed by atoms with Gasteiger partial charge in [-0.25, -0.2) is 9.97 Å². The zero-order chi connectivity index (χ0) is 16.9. The minimum absolute atomic E-state index is 0.250. The topological polar surface area (TPSA) is 63.9 Å². The number of aryl methyl sites for hydroxylation is 1. The Hall–Kier alpha value is -1.76. The molecule has 1 atom stereocenters. The van der Waals surface area contributed by atoms with Gasteiger partial charge in [0.25, 0.3) is 0 Å². The molecule has 24 heavy (non-hydrogen) atoms. The maximum Gasteiger partial charge on any atom is 0.222 e. The quantitative estimate of drug-likeness (QED) is 0.806. The second-order valence-electron chi connectivity index (χ2n) is 6.71. The average molecular weight is 347 g/mol. The Kier molecular flexibility index (Phi) is 5.60. The van der Waals surface area contributed by atoms with Crippen LogP contribution in [0, 0.1) is 0 Å². The van der Waals surface area contributed by atoms with Crippen LogP contribution in [0.4, 0.5) is 0 Å². The molecule has 0 saturated carbocycles. The number of carbonyl (C=O) groups is 1.